The van der Waals surface area contributed by atoms with Crippen LogP contribution in [0.2, 0.25) is 0 Å². The minimum absolute atomic E-state index is 0.0247. The van der Waals surface area contributed by atoms with E-state index in [1.165, 1.54) is 44.9 Å². The lowest BCUT2D eigenvalue weighted by molar-refractivity contribution is -0.137. The van der Waals surface area contributed by atoms with Gasteiger partial charge in [0, 0.05) is 31.4 Å². The van der Waals surface area contributed by atoms with Gasteiger partial charge in [0.25, 0.3) is 0 Å². The summed E-state index contributed by atoms with van der Waals surface area (Å²) in [6.07, 6.45) is 12.3. The number of rotatable bonds is 4. The van der Waals surface area contributed by atoms with E-state index in [9.17, 15) is 9.59 Å². The standard InChI is InChI=1S/C20H33ClN2O2/c1-23-13-16(7-10-19(23)24)20(25)22-18-8-5-14(6-9-18)11-15-3-2-4-17(21)12-15/h14-18H,2-13H2,1H3,(H,22,25). The van der Waals surface area contributed by atoms with E-state index < -0.39 is 0 Å². The Morgan fingerprint density at radius 1 is 1.12 bits per heavy atom. The summed E-state index contributed by atoms with van der Waals surface area (Å²) in [5, 5.41) is 3.66. The maximum Gasteiger partial charge on any atom is 0.225 e. The lowest BCUT2D eigenvalue weighted by Gasteiger charge is -2.35. The van der Waals surface area contributed by atoms with Gasteiger partial charge in [0.1, 0.15) is 0 Å². The predicted octanol–water partition coefficient (Wildman–Crippen LogP) is 3.72. The van der Waals surface area contributed by atoms with E-state index >= 15 is 0 Å². The monoisotopic (exact) mass is 368 g/mol. The summed E-state index contributed by atoms with van der Waals surface area (Å²) < 4.78 is 0. The van der Waals surface area contributed by atoms with Gasteiger partial charge >= 0.3 is 0 Å². The molecule has 142 valence electrons. The van der Waals surface area contributed by atoms with Crippen molar-refractivity contribution >= 4 is 23.4 Å². The van der Waals surface area contributed by atoms with Gasteiger partial charge in [0.15, 0.2) is 0 Å². The highest BCUT2D eigenvalue weighted by atomic mass is 35.5. The Morgan fingerprint density at radius 2 is 1.88 bits per heavy atom. The van der Waals surface area contributed by atoms with Crippen molar-refractivity contribution in [1.29, 1.82) is 0 Å². The Bertz CT molecular complexity index is 476. The van der Waals surface area contributed by atoms with Crippen LogP contribution in [0.3, 0.4) is 0 Å². The van der Waals surface area contributed by atoms with Crippen molar-refractivity contribution in [2.45, 2.75) is 82.0 Å². The van der Waals surface area contributed by atoms with Crippen molar-refractivity contribution in [2.75, 3.05) is 13.6 Å². The SMILES string of the molecule is CN1CC(C(=O)NC2CCC(CC3CCCC(Cl)C3)CC2)CCC1=O. The summed E-state index contributed by atoms with van der Waals surface area (Å²) in [6.45, 7) is 0.571. The molecule has 0 radical (unpaired) electrons. The number of carbonyl (C=O) groups excluding carboxylic acids is 2. The van der Waals surface area contributed by atoms with Gasteiger partial charge in [0.05, 0.1) is 5.92 Å². The highest BCUT2D eigenvalue weighted by molar-refractivity contribution is 6.20. The molecule has 0 spiro atoms. The van der Waals surface area contributed by atoms with E-state index in [2.05, 4.69) is 5.32 Å². The second kappa shape index (κ2) is 8.75. The molecule has 25 heavy (non-hydrogen) atoms. The molecular formula is C20H33ClN2O2. The number of nitrogens with zero attached hydrogens (tertiary/aromatic N) is 1. The van der Waals surface area contributed by atoms with Crippen LogP contribution in [0.4, 0.5) is 0 Å². The first-order chi connectivity index (χ1) is 12.0. The number of hydrogen-bond donors (Lipinski definition) is 1. The molecule has 3 atom stereocenters. The third kappa shape index (κ3) is 5.35. The molecule has 4 nitrogen and oxygen atoms in total. The van der Waals surface area contributed by atoms with Gasteiger partial charge in [-0.2, -0.15) is 0 Å². The van der Waals surface area contributed by atoms with Gasteiger partial charge in [-0.25, -0.2) is 0 Å². The molecule has 1 aliphatic heterocycles. The number of likely N-dealkylation sites (tertiary alicyclic amines) is 1. The second-order valence-electron chi connectivity index (χ2n) is 8.60. The molecule has 3 rings (SSSR count). The first-order valence-electron chi connectivity index (χ1n) is 10.2. The molecule has 0 aromatic carbocycles. The zero-order chi connectivity index (χ0) is 17.8. The van der Waals surface area contributed by atoms with E-state index in [1.54, 1.807) is 11.9 Å². The molecule has 1 saturated heterocycles. The Hall–Kier alpha value is -0.770. The second-order valence-corrected chi connectivity index (χ2v) is 9.22. The number of carbonyl (C=O) groups is 2. The molecular weight excluding hydrogens is 336 g/mol. The highest BCUT2D eigenvalue weighted by Crippen LogP contribution is 2.36. The topological polar surface area (TPSA) is 49.4 Å². The molecule has 0 aromatic heterocycles. The molecule has 1 N–H and O–H groups in total. The quantitative estimate of drug-likeness (QED) is 0.769. The van der Waals surface area contributed by atoms with E-state index in [4.69, 9.17) is 11.6 Å². The van der Waals surface area contributed by atoms with E-state index in [0.29, 0.717) is 30.8 Å². The Kier molecular flexibility index (Phi) is 6.65. The molecule has 2 aliphatic carbocycles. The summed E-state index contributed by atoms with van der Waals surface area (Å²) in [4.78, 5) is 25.7. The van der Waals surface area contributed by atoms with Crippen LogP contribution in [0.25, 0.3) is 0 Å². The third-order valence-corrected chi connectivity index (χ3v) is 6.97. The minimum atomic E-state index is -0.0247. The Balaban J connectivity index is 1.37. The lowest BCUT2D eigenvalue weighted by Crippen LogP contribution is -2.47. The fourth-order valence-electron chi connectivity index (χ4n) is 5.00. The lowest BCUT2D eigenvalue weighted by atomic mass is 9.76. The Morgan fingerprint density at radius 3 is 2.56 bits per heavy atom. The van der Waals surface area contributed by atoms with Crippen molar-refractivity contribution in [3.05, 3.63) is 0 Å². The van der Waals surface area contributed by atoms with Gasteiger partial charge in [-0.1, -0.05) is 12.8 Å². The average Bonchev–Trinajstić information content (AvgIpc) is 2.59. The highest BCUT2D eigenvalue weighted by Gasteiger charge is 2.31. The molecule has 2 saturated carbocycles. The van der Waals surface area contributed by atoms with Gasteiger partial charge < -0.3 is 10.2 Å². The average molecular weight is 369 g/mol. The summed E-state index contributed by atoms with van der Waals surface area (Å²) in [5.41, 5.74) is 0. The van der Waals surface area contributed by atoms with Crippen LogP contribution in [0, 0.1) is 17.8 Å². The molecule has 2 amide bonds. The Labute approximate surface area is 157 Å². The van der Waals surface area contributed by atoms with Crippen molar-refractivity contribution in [2.24, 2.45) is 17.8 Å². The maximum absolute atomic E-state index is 12.5. The number of nitrogens with one attached hydrogen (secondary N) is 1. The zero-order valence-corrected chi connectivity index (χ0v) is 16.3. The van der Waals surface area contributed by atoms with Crippen molar-refractivity contribution in [1.82, 2.24) is 10.2 Å². The summed E-state index contributed by atoms with van der Waals surface area (Å²) >= 11 is 6.33. The fourth-order valence-corrected chi connectivity index (χ4v) is 5.40. The van der Waals surface area contributed by atoms with Crippen LogP contribution in [0.5, 0.6) is 0 Å². The number of hydrogen-bond acceptors (Lipinski definition) is 2. The van der Waals surface area contributed by atoms with E-state index in [-0.39, 0.29) is 17.7 Å². The summed E-state index contributed by atoms with van der Waals surface area (Å²) in [7, 11) is 1.80. The van der Waals surface area contributed by atoms with Gasteiger partial charge in [-0.3, -0.25) is 9.59 Å². The van der Waals surface area contributed by atoms with E-state index in [0.717, 1.165) is 24.7 Å². The van der Waals surface area contributed by atoms with Crippen molar-refractivity contribution in [3.8, 4) is 0 Å². The largest absolute Gasteiger partial charge is 0.353 e. The van der Waals surface area contributed by atoms with Crippen LogP contribution in [0.1, 0.15) is 70.6 Å². The smallest absolute Gasteiger partial charge is 0.225 e. The zero-order valence-electron chi connectivity index (χ0n) is 15.5. The molecule has 0 bridgehead atoms. The van der Waals surface area contributed by atoms with Crippen LogP contribution in [0.15, 0.2) is 0 Å². The maximum atomic E-state index is 12.5. The van der Waals surface area contributed by atoms with Crippen molar-refractivity contribution < 1.29 is 9.59 Å². The molecule has 3 aliphatic rings. The molecule has 5 heteroatoms. The van der Waals surface area contributed by atoms with Gasteiger partial charge in [-0.05, 0) is 63.2 Å². The molecule has 3 unspecified atom stereocenters. The number of alkyl halides is 1. The molecule has 1 heterocycles. The van der Waals surface area contributed by atoms with Gasteiger partial charge in [0.2, 0.25) is 11.8 Å². The first-order valence-corrected chi connectivity index (χ1v) is 10.6. The minimum Gasteiger partial charge on any atom is -0.353 e. The molecule has 0 aromatic rings. The number of amides is 2. The summed E-state index contributed by atoms with van der Waals surface area (Å²) in [6, 6.07) is 0.332. The van der Waals surface area contributed by atoms with E-state index in [1.807, 2.05) is 0 Å². The van der Waals surface area contributed by atoms with Crippen LogP contribution >= 0.6 is 11.6 Å². The van der Waals surface area contributed by atoms with Crippen LogP contribution in [-0.2, 0) is 9.59 Å². The van der Waals surface area contributed by atoms with Gasteiger partial charge in [-0.15, -0.1) is 11.6 Å². The normalized spacial score (nSPS) is 37.0. The van der Waals surface area contributed by atoms with Crippen LogP contribution < -0.4 is 5.32 Å². The van der Waals surface area contributed by atoms with Crippen molar-refractivity contribution in [3.63, 3.8) is 0 Å². The fraction of sp³-hybridized carbons (Fsp3) is 0.900. The third-order valence-electron chi connectivity index (χ3n) is 6.58. The predicted molar refractivity (Wildman–Crippen MR) is 100 cm³/mol. The van der Waals surface area contributed by atoms with Crippen LogP contribution in [-0.4, -0.2) is 41.7 Å². The number of halogens is 1. The number of piperidine rings is 1. The first kappa shape index (κ1) is 19.0. The summed E-state index contributed by atoms with van der Waals surface area (Å²) in [5.74, 6) is 1.93. The molecule has 3 fully saturated rings.